The van der Waals surface area contributed by atoms with Crippen molar-refractivity contribution in [3.05, 3.63) is 97.2 Å². The second-order valence-electron chi connectivity index (χ2n) is 26.3. The molecule has 19 heteroatoms. The third-order valence-corrected chi connectivity index (χ3v) is 18.4. The summed E-state index contributed by atoms with van der Waals surface area (Å²) in [5, 5.41) is 10.6. The van der Waals surface area contributed by atoms with Crippen LogP contribution in [0, 0.1) is 0 Å². The number of carbonyl (C=O) groups is 4. The molecule has 0 heterocycles. The second kappa shape index (κ2) is 73.3. The maximum absolute atomic E-state index is 13.1. The molecule has 0 saturated heterocycles. The number of rotatable bonds is 74. The number of hydrogen-bond acceptors (Lipinski definition) is 15. The SMILES string of the molecule is CCCCC/C=C\C/C=C\C/C=C\C/C=C\CCCC(=O)O[C@H](COC(=O)CCCCCCC/C=C\C/C=C\CCCCC)COP(=O)(O)OCC(O)COP(=O)(O)OC[C@@H](COC(=O)CCCCCCC/C=C\CCCCCC)OC(=O)CCCCCCC/C=C\CCCCCCCC. The van der Waals surface area contributed by atoms with Gasteiger partial charge in [0.2, 0.25) is 0 Å². The first kappa shape index (κ1) is 96.0. The minimum Gasteiger partial charge on any atom is -0.462 e. The van der Waals surface area contributed by atoms with E-state index in [4.69, 9.17) is 37.0 Å². The van der Waals surface area contributed by atoms with Crippen molar-refractivity contribution in [1.82, 2.24) is 0 Å². The second-order valence-corrected chi connectivity index (χ2v) is 29.2. The average molecular weight is 1450 g/mol. The Morgan fingerprint density at radius 1 is 0.280 bits per heavy atom. The zero-order chi connectivity index (χ0) is 73.2. The number of phosphoric acid groups is 2. The molecule has 0 aliphatic rings. The number of unbranched alkanes of at least 4 members (excludes halogenated alkanes) is 32. The first-order chi connectivity index (χ1) is 48.7. The van der Waals surface area contributed by atoms with Gasteiger partial charge in [-0.15, -0.1) is 0 Å². The number of ether oxygens (including phenoxy) is 4. The van der Waals surface area contributed by atoms with E-state index in [0.29, 0.717) is 32.1 Å². The largest absolute Gasteiger partial charge is 0.472 e. The quantitative estimate of drug-likeness (QED) is 0.0169. The van der Waals surface area contributed by atoms with Crippen molar-refractivity contribution >= 4 is 39.5 Å². The Morgan fingerprint density at radius 2 is 0.500 bits per heavy atom. The first-order valence-electron chi connectivity index (χ1n) is 39.5. The van der Waals surface area contributed by atoms with Crippen molar-refractivity contribution in [2.45, 2.75) is 354 Å². The summed E-state index contributed by atoms with van der Waals surface area (Å²) in [6.07, 6.45) is 76.8. The van der Waals surface area contributed by atoms with Crippen LogP contribution in [0.25, 0.3) is 0 Å². The standard InChI is InChI=1S/C81H142O17P2/c1-5-9-13-17-21-25-29-33-36-37-40-44-48-52-56-60-64-68-81(86)98-77(72-92-79(84)66-62-58-54-50-46-42-38-34-30-26-22-18-14-10-6-2)74-96-100(89,90)94-70-75(82)69-93-99(87,88)95-73-76(71-91-78(83)65-61-57-53-49-45-41-32-28-24-20-16-12-8-4)97-80(85)67-63-59-55-51-47-43-39-35-31-27-23-19-15-11-7-3/h21-22,25-26,28,32-36,38-40,44,52,56,75-77,82H,5-20,23-24,27,29-31,37,41-43,45-51,53-55,57-74H2,1-4H3,(H,87,88)(H,89,90)/b25-21-,26-22-,32-28-,36-33-,38-34-,39-35-,44-40-,56-52-/t75?,76-,77-/m1/s1. The Hall–Kier alpha value is -4.02. The van der Waals surface area contributed by atoms with E-state index >= 15 is 0 Å². The number of phosphoric ester groups is 2. The zero-order valence-electron chi connectivity index (χ0n) is 63.1. The van der Waals surface area contributed by atoms with Crippen LogP contribution in [0.4, 0.5) is 0 Å². The molecule has 578 valence electrons. The maximum Gasteiger partial charge on any atom is 0.472 e. The summed E-state index contributed by atoms with van der Waals surface area (Å²) in [6.45, 7) is 4.73. The lowest BCUT2D eigenvalue weighted by molar-refractivity contribution is -0.161. The molecule has 0 aromatic heterocycles. The molecule has 0 fully saturated rings. The van der Waals surface area contributed by atoms with Crippen LogP contribution in [0.1, 0.15) is 336 Å². The van der Waals surface area contributed by atoms with Crippen LogP contribution >= 0.6 is 15.6 Å². The molecule has 0 bridgehead atoms. The Kier molecular flexibility index (Phi) is 70.4. The lowest BCUT2D eigenvalue weighted by Crippen LogP contribution is -2.30. The number of carbonyl (C=O) groups excluding carboxylic acids is 4. The van der Waals surface area contributed by atoms with Crippen LogP contribution in [-0.2, 0) is 65.4 Å². The molecule has 0 amide bonds. The van der Waals surface area contributed by atoms with Crippen LogP contribution in [-0.4, -0.2) is 96.7 Å². The fourth-order valence-electron chi connectivity index (χ4n) is 10.4. The van der Waals surface area contributed by atoms with Gasteiger partial charge in [-0.25, -0.2) is 9.13 Å². The van der Waals surface area contributed by atoms with Gasteiger partial charge in [0.1, 0.15) is 19.3 Å². The van der Waals surface area contributed by atoms with E-state index in [1.807, 2.05) is 12.2 Å². The van der Waals surface area contributed by atoms with Gasteiger partial charge in [-0.1, -0.05) is 260 Å². The van der Waals surface area contributed by atoms with Crippen molar-refractivity contribution in [1.29, 1.82) is 0 Å². The highest BCUT2D eigenvalue weighted by Crippen LogP contribution is 2.45. The third-order valence-electron chi connectivity index (χ3n) is 16.5. The molecule has 17 nitrogen and oxygen atoms in total. The fourth-order valence-corrected chi connectivity index (χ4v) is 12.0. The summed E-state index contributed by atoms with van der Waals surface area (Å²) in [6, 6.07) is 0. The molecule has 3 N–H and O–H groups in total. The van der Waals surface area contributed by atoms with Crippen molar-refractivity contribution in [2.24, 2.45) is 0 Å². The number of esters is 4. The molecule has 0 saturated carbocycles. The molecule has 3 unspecified atom stereocenters. The normalized spacial score (nSPS) is 14.4. The molecule has 0 aliphatic heterocycles. The summed E-state index contributed by atoms with van der Waals surface area (Å²) in [4.78, 5) is 72.9. The highest BCUT2D eigenvalue weighted by atomic mass is 31.2. The van der Waals surface area contributed by atoms with Crippen LogP contribution in [0.15, 0.2) is 97.2 Å². The molecule has 100 heavy (non-hydrogen) atoms. The minimum atomic E-state index is -4.99. The van der Waals surface area contributed by atoms with E-state index in [2.05, 4.69) is 113 Å². The topological polar surface area (TPSA) is 237 Å². The smallest absolute Gasteiger partial charge is 0.462 e. The Balaban J connectivity index is 5.42. The Morgan fingerprint density at radius 3 is 0.830 bits per heavy atom. The molecule has 0 aromatic carbocycles. The lowest BCUT2D eigenvalue weighted by Gasteiger charge is -2.21. The molecule has 0 aliphatic carbocycles. The van der Waals surface area contributed by atoms with Gasteiger partial charge in [-0.2, -0.15) is 0 Å². The lowest BCUT2D eigenvalue weighted by atomic mass is 10.1. The van der Waals surface area contributed by atoms with Gasteiger partial charge in [0, 0.05) is 25.7 Å². The Bertz CT molecular complexity index is 2270. The predicted molar refractivity (Wildman–Crippen MR) is 409 cm³/mol. The van der Waals surface area contributed by atoms with Crippen LogP contribution in [0.2, 0.25) is 0 Å². The molecule has 0 radical (unpaired) electrons. The van der Waals surface area contributed by atoms with E-state index in [0.717, 1.165) is 148 Å². The van der Waals surface area contributed by atoms with Crippen molar-refractivity contribution in [3.8, 4) is 0 Å². The highest BCUT2D eigenvalue weighted by molar-refractivity contribution is 7.47. The first-order valence-corrected chi connectivity index (χ1v) is 42.5. The number of hydrogen-bond donors (Lipinski definition) is 3. The van der Waals surface area contributed by atoms with Crippen molar-refractivity contribution in [3.63, 3.8) is 0 Å². The minimum absolute atomic E-state index is 0.0159. The molecular weight excluding hydrogens is 1310 g/mol. The zero-order valence-corrected chi connectivity index (χ0v) is 64.9. The van der Waals surface area contributed by atoms with Gasteiger partial charge in [0.15, 0.2) is 12.2 Å². The number of allylic oxidation sites excluding steroid dienone is 16. The summed E-state index contributed by atoms with van der Waals surface area (Å²) in [5.74, 6) is -2.26. The maximum atomic E-state index is 13.1. The van der Waals surface area contributed by atoms with E-state index in [-0.39, 0.29) is 25.7 Å². The van der Waals surface area contributed by atoms with E-state index in [1.165, 1.54) is 103 Å². The molecule has 5 atom stereocenters. The van der Waals surface area contributed by atoms with Gasteiger partial charge in [0.25, 0.3) is 0 Å². The van der Waals surface area contributed by atoms with E-state index < -0.39 is 97.5 Å². The van der Waals surface area contributed by atoms with E-state index in [9.17, 15) is 43.2 Å². The summed E-state index contributed by atoms with van der Waals surface area (Å²) in [7, 11) is -9.97. The van der Waals surface area contributed by atoms with Crippen LogP contribution < -0.4 is 0 Å². The van der Waals surface area contributed by atoms with Gasteiger partial charge < -0.3 is 33.8 Å². The van der Waals surface area contributed by atoms with Crippen molar-refractivity contribution < 1.29 is 80.2 Å². The Labute approximate surface area is 607 Å². The number of aliphatic hydroxyl groups excluding tert-OH is 1. The summed E-state index contributed by atoms with van der Waals surface area (Å²) < 4.78 is 68.5. The molecule has 0 rings (SSSR count). The monoisotopic (exact) mass is 1450 g/mol. The van der Waals surface area contributed by atoms with Gasteiger partial charge >= 0.3 is 39.5 Å². The number of aliphatic hydroxyl groups is 1. The average Bonchev–Trinajstić information content (AvgIpc) is 1.22. The highest BCUT2D eigenvalue weighted by Gasteiger charge is 2.30. The van der Waals surface area contributed by atoms with E-state index in [1.54, 1.807) is 0 Å². The predicted octanol–water partition coefficient (Wildman–Crippen LogP) is 22.8. The molecule has 0 spiro atoms. The van der Waals surface area contributed by atoms with Crippen LogP contribution in [0.5, 0.6) is 0 Å². The van der Waals surface area contributed by atoms with Gasteiger partial charge in [-0.05, 0) is 148 Å². The molecular formula is C81H142O17P2. The van der Waals surface area contributed by atoms with Crippen LogP contribution in [0.3, 0.4) is 0 Å². The van der Waals surface area contributed by atoms with Gasteiger partial charge in [0.05, 0.1) is 26.4 Å². The summed E-state index contributed by atoms with van der Waals surface area (Å²) in [5.41, 5.74) is 0. The van der Waals surface area contributed by atoms with Crippen molar-refractivity contribution in [2.75, 3.05) is 39.6 Å². The fraction of sp³-hybridized carbons (Fsp3) is 0.753. The third kappa shape index (κ3) is 72.3. The molecule has 0 aromatic rings. The summed E-state index contributed by atoms with van der Waals surface area (Å²) >= 11 is 0. The van der Waals surface area contributed by atoms with Gasteiger partial charge in [-0.3, -0.25) is 37.3 Å².